The third-order valence-electron chi connectivity index (χ3n) is 3.70. The molecule has 134 valence electrons. The Hall–Kier alpha value is -3.53. The topological polar surface area (TPSA) is 173 Å². The number of nitrogens with two attached hydrogens (primary N) is 2. The maximum Gasteiger partial charge on any atom is 0.321 e. The molecule has 0 bridgehead atoms. The molecular formula is C16H17N7O3. The smallest absolute Gasteiger partial charge is 0.321 e. The Bertz CT molecular complexity index is 946. The molecule has 0 spiro atoms. The average Bonchev–Trinajstić information content (AvgIpc) is 2.60. The maximum atomic E-state index is 11.5. The van der Waals surface area contributed by atoms with Crippen LogP contribution in [0.5, 0.6) is 5.75 Å². The zero-order valence-electron chi connectivity index (χ0n) is 13.6. The Morgan fingerprint density at radius 3 is 2.58 bits per heavy atom. The summed E-state index contributed by atoms with van der Waals surface area (Å²) in [6.45, 7) is 0.168. The van der Waals surface area contributed by atoms with Crippen LogP contribution in [0.15, 0.2) is 30.5 Å². The summed E-state index contributed by atoms with van der Waals surface area (Å²) in [6.07, 6.45) is 1.72. The van der Waals surface area contributed by atoms with Crippen LogP contribution in [0.1, 0.15) is 11.3 Å². The van der Waals surface area contributed by atoms with Crippen molar-refractivity contribution in [2.75, 3.05) is 11.5 Å². The second kappa shape index (κ2) is 7.15. The highest BCUT2D eigenvalue weighted by molar-refractivity contribution is 5.81. The van der Waals surface area contributed by atoms with Crippen molar-refractivity contribution in [2.24, 2.45) is 0 Å². The van der Waals surface area contributed by atoms with Crippen molar-refractivity contribution in [1.29, 1.82) is 0 Å². The number of fused-ring (bicyclic) bond motifs is 1. The average molecular weight is 355 g/mol. The largest absolute Gasteiger partial charge is 0.508 e. The number of hydrogen-bond acceptors (Lipinski definition) is 9. The van der Waals surface area contributed by atoms with E-state index in [9.17, 15) is 15.0 Å². The highest BCUT2D eigenvalue weighted by Crippen LogP contribution is 2.15. The molecule has 7 N–H and O–H groups in total. The number of aliphatic carboxylic acids is 1. The van der Waals surface area contributed by atoms with Crippen molar-refractivity contribution in [1.82, 2.24) is 25.3 Å². The Morgan fingerprint density at radius 2 is 1.88 bits per heavy atom. The minimum atomic E-state index is -0.998. The second-order valence-corrected chi connectivity index (χ2v) is 5.64. The van der Waals surface area contributed by atoms with Crippen LogP contribution in [-0.2, 0) is 17.8 Å². The van der Waals surface area contributed by atoms with Gasteiger partial charge in [0.05, 0.1) is 11.9 Å². The Balaban J connectivity index is 1.73. The predicted octanol–water partition coefficient (Wildman–Crippen LogP) is 0.0753. The third-order valence-corrected chi connectivity index (χ3v) is 3.70. The summed E-state index contributed by atoms with van der Waals surface area (Å²) >= 11 is 0. The number of phenolic OH excluding ortho intramolecular Hbond substituents is 1. The summed E-state index contributed by atoms with van der Waals surface area (Å²) in [5.74, 6) is -0.751. The number of phenols is 1. The molecule has 0 radical (unpaired) electrons. The van der Waals surface area contributed by atoms with E-state index in [2.05, 4.69) is 25.3 Å². The van der Waals surface area contributed by atoms with Crippen molar-refractivity contribution in [2.45, 2.75) is 19.0 Å². The molecule has 1 aromatic carbocycles. The minimum Gasteiger partial charge on any atom is -0.508 e. The van der Waals surface area contributed by atoms with Crippen LogP contribution in [-0.4, -0.2) is 42.2 Å². The molecule has 10 heteroatoms. The molecule has 0 saturated heterocycles. The van der Waals surface area contributed by atoms with Crippen LogP contribution >= 0.6 is 0 Å². The molecule has 10 nitrogen and oxygen atoms in total. The van der Waals surface area contributed by atoms with E-state index in [1.54, 1.807) is 12.1 Å². The lowest BCUT2D eigenvalue weighted by Gasteiger charge is -2.14. The second-order valence-electron chi connectivity index (χ2n) is 5.64. The first-order valence-electron chi connectivity index (χ1n) is 7.71. The zero-order valence-corrected chi connectivity index (χ0v) is 13.6. The molecule has 0 aliphatic rings. The molecular weight excluding hydrogens is 338 g/mol. The van der Waals surface area contributed by atoms with Crippen LogP contribution in [0, 0.1) is 0 Å². The van der Waals surface area contributed by atoms with E-state index >= 15 is 0 Å². The summed E-state index contributed by atoms with van der Waals surface area (Å²) in [7, 11) is 0. The Labute approximate surface area is 147 Å². The molecule has 0 amide bonds. The SMILES string of the molecule is Nc1nc(N)c2nc(CNC(Cc3ccc(O)cc3)C(=O)O)cnc2n1. The lowest BCUT2D eigenvalue weighted by molar-refractivity contribution is -0.139. The lowest BCUT2D eigenvalue weighted by atomic mass is 10.1. The summed E-state index contributed by atoms with van der Waals surface area (Å²) in [5.41, 5.74) is 13.1. The van der Waals surface area contributed by atoms with Crippen LogP contribution in [0.25, 0.3) is 11.2 Å². The first-order valence-corrected chi connectivity index (χ1v) is 7.71. The van der Waals surface area contributed by atoms with Gasteiger partial charge in [0.1, 0.15) is 11.8 Å². The van der Waals surface area contributed by atoms with Gasteiger partial charge in [-0.15, -0.1) is 0 Å². The normalized spacial score (nSPS) is 12.2. The molecule has 0 aliphatic carbocycles. The van der Waals surface area contributed by atoms with Crippen LogP contribution in [0.3, 0.4) is 0 Å². The summed E-state index contributed by atoms with van der Waals surface area (Å²) in [4.78, 5) is 27.7. The Morgan fingerprint density at radius 1 is 1.15 bits per heavy atom. The number of anilines is 2. The van der Waals surface area contributed by atoms with Crippen molar-refractivity contribution in [3.05, 3.63) is 41.7 Å². The van der Waals surface area contributed by atoms with Crippen LogP contribution in [0.2, 0.25) is 0 Å². The standard InChI is InChI=1S/C16H17N7O3/c17-13-12-14(23-16(18)22-13)20-7-9(21-12)6-19-11(15(25)26)5-8-1-3-10(24)4-2-8/h1-4,7,11,19,24H,5-6H2,(H,25,26)(H4,17,18,20,22,23). The molecule has 3 aromatic rings. The van der Waals surface area contributed by atoms with Crippen molar-refractivity contribution in [3.63, 3.8) is 0 Å². The van der Waals surface area contributed by atoms with Crippen LogP contribution in [0.4, 0.5) is 11.8 Å². The molecule has 0 saturated carbocycles. The highest BCUT2D eigenvalue weighted by atomic mass is 16.4. The molecule has 0 fully saturated rings. The number of hydrogen-bond donors (Lipinski definition) is 5. The van der Waals surface area contributed by atoms with Gasteiger partial charge in [0.25, 0.3) is 0 Å². The molecule has 1 atom stereocenters. The van der Waals surface area contributed by atoms with E-state index in [-0.39, 0.29) is 36.1 Å². The molecule has 3 rings (SSSR count). The third kappa shape index (κ3) is 3.92. The van der Waals surface area contributed by atoms with E-state index in [0.29, 0.717) is 11.2 Å². The summed E-state index contributed by atoms with van der Waals surface area (Å²) in [5, 5.41) is 21.6. The van der Waals surface area contributed by atoms with Gasteiger partial charge in [-0.25, -0.2) is 9.97 Å². The van der Waals surface area contributed by atoms with E-state index in [1.165, 1.54) is 18.3 Å². The number of aromatic nitrogens is 4. The molecule has 26 heavy (non-hydrogen) atoms. The number of rotatable bonds is 6. The lowest BCUT2D eigenvalue weighted by Crippen LogP contribution is -2.38. The predicted molar refractivity (Wildman–Crippen MR) is 94.0 cm³/mol. The summed E-state index contributed by atoms with van der Waals surface area (Å²) in [6, 6.07) is 5.53. The number of carbonyl (C=O) groups is 1. The number of nitrogens with one attached hydrogen (secondary N) is 1. The van der Waals surface area contributed by atoms with Crippen molar-refractivity contribution in [3.8, 4) is 5.75 Å². The van der Waals surface area contributed by atoms with Gasteiger partial charge in [-0.1, -0.05) is 12.1 Å². The maximum absolute atomic E-state index is 11.5. The fourth-order valence-electron chi connectivity index (χ4n) is 2.41. The molecule has 0 aliphatic heterocycles. The number of benzene rings is 1. The van der Waals surface area contributed by atoms with Crippen molar-refractivity contribution >= 4 is 28.9 Å². The monoisotopic (exact) mass is 355 g/mol. The Kier molecular flexibility index (Phi) is 4.76. The van der Waals surface area contributed by atoms with Gasteiger partial charge in [-0.2, -0.15) is 9.97 Å². The van der Waals surface area contributed by atoms with Crippen molar-refractivity contribution < 1.29 is 15.0 Å². The van der Waals surface area contributed by atoms with Gasteiger partial charge < -0.3 is 21.7 Å². The minimum absolute atomic E-state index is 0.00927. The number of nitrogens with zero attached hydrogens (tertiary/aromatic N) is 4. The van der Waals surface area contributed by atoms with Crippen LogP contribution < -0.4 is 16.8 Å². The fourth-order valence-corrected chi connectivity index (χ4v) is 2.41. The summed E-state index contributed by atoms with van der Waals surface area (Å²) < 4.78 is 0. The van der Waals surface area contributed by atoms with E-state index in [4.69, 9.17) is 11.5 Å². The van der Waals surface area contributed by atoms with E-state index < -0.39 is 12.0 Å². The van der Waals surface area contributed by atoms with Gasteiger partial charge in [0.2, 0.25) is 5.95 Å². The van der Waals surface area contributed by atoms with Gasteiger partial charge in [0.15, 0.2) is 17.0 Å². The quantitative estimate of drug-likeness (QED) is 0.407. The number of carboxylic acid groups (broad SMARTS) is 1. The molecule has 1 unspecified atom stereocenters. The van der Waals surface area contributed by atoms with Gasteiger partial charge in [-0.3, -0.25) is 10.1 Å². The molecule has 2 aromatic heterocycles. The first kappa shape index (κ1) is 17.3. The highest BCUT2D eigenvalue weighted by Gasteiger charge is 2.18. The number of aromatic hydroxyl groups is 1. The first-order chi connectivity index (χ1) is 12.4. The van der Waals surface area contributed by atoms with E-state index in [1.807, 2.05) is 0 Å². The van der Waals surface area contributed by atoms with Gasteiger partial charge >= 0.3 is 5.97 Å². The fraction of sp³-hybridized carbons (Fsp3) is 0.188. The van der Waals surface area contributed by atoms with Gasteiger partial charge in [0, 0.05) is 6.54 Å². The van der Waals surface area contributed by atoms with Gasteiger partial charge in [-0.05, 0) is 24.1 Å². The molecule has 2 heterocycles. The zero-order chi connectivity index (χ0) is 18.7. The van der Waals surface area contributed by atoms with E-state index in [0.717, 1.165) is 5.56 Å². The number of carboxylic acids is 1. The number of nitrogen functional groups attached to an aromatic ring is 2.